The summed E-state index contributed by atoms with van der Waals surface area (Å²) in [5, 5.41) is 17.3. The molecule has 142 valence electrons. The van der Waals surface area contributed by atoms with Crippen LogP contribution in [0.4, 0.5) is 0 Å². The van der Waals surface area contributed by atoms with Crippen LogP contribution in [0.5, 0.6) is 0 Å². The number of carbonyl (C=O) groups is 2. The highest BCUT2D eigenvalue weighted by Gasteiger charge is 2.32. The summed E-state index contributed by atoms with van der Waals surface area (Å²) in [6.45, 7) is 3.68. The number of carboxylic acids is 1. The summed E-state index contributed by atoms with van der Waals surface area (Å²) in [5.74, 6) is -1.36. The molecule has 4 rings (SSSR count). The number of rotatable bonds is 3. The molecule has 1 N–H and O–H groups in total. The molecule has 2 aliphatic rings. The van der Waals surface area contributed by atoms with Crippen LogP contribution in [0.15, 0.2) is 24.3 Å². The van der Waals surface area contributed by atoms with E-state index in [4.69, 9.17) is 9.84 Å². The molecule has 2 aliphatic heterocycles. The first-order valence-corrected chi connectivity index (χ1v) is 9.15. The van der Waals surface area contributed by atoms with E-state index in [1.54, 1.807) is 9.58 Å². The SMILES string of the molecule is Cc1ccc(C2Cn3nnc(C(=O)N4CCC(C(=O)O)CC4)c3CO2)cc1. The maximum Gasteiger partial charge on any atom is 0.306 e. The monoisotopic (exact) mass is 370 g/mol. The molecule has 0 spiro atoms. The molecule has 27 heavy (non-hydrogen) atoms. The summed E-state index contributed by atoms with van der Waals surface area (Å²) >= 11 is 0. The number of likely N-dealkylation sites (tertiary alicyclic amines) is 1. The minimum absolute atomic E-state index is 0.117. The van der Waals surface area contributed by atoms with E-state index in [-0.39, 0.29) is 24.5 Å². The molecule has 1 fully saturated rings. The fraction of sp³-hybridized carbons (Fsp3) is 0.474. The highest BCUT2D eigenvalue weighted by Crippen LogP contribution is 2.28. The van der Waals surface area contributed by atoms with E-state index < -0.39 is 5.97 Å². The zero-order valence-electron chi connectivity index (χ0n) is 15.2. The van der Waals surface area contributed by atoms with Gasteiger partial charge in [-0.25, -0.2) is 4.68 Å². The number of aliphatic carboxylic acids is 1. The van der Waals surface area contributed by atoms with Gasteiger partial charge in [0.1, 0.15) is 6.10 Å². The van der Waals surface area contributed by atoms with Gasteiger partial charge in [0, 0.05) is 13.1 Å². The average Bonchev–Trinajstić information content (AvgIpc) is 3.11. The van der Waals surface area contributed by atoms with Gasteiger partial charge in [-0.3, -0.25) is 9.59 Å². The van der Waals surface area contributed by atoms with Crippen molar-refractivity contribution in [2.75, 3.05) is 13.1 Å². The minimum atomic E-state index is -0.793. The number of hydrogen-bond acceptors (Lipinski definition) is 5. The van der Waals surface area contributed by atoms with Crippen LogP contribution < -0.4 is 0 Å². The Hall–Kier alpha value is -2.74. The molecule has 1 unspecified atom stereocenters. The van der Waals surface area contributed by atoms with E-state index in [1.807, 2.05) is 31.2 Å². The van der Waals surface area contributed by atoms with E-state index in [9.17, 15) is 9.59 Å². The maximum atomic E-state index is 12.8. The van der Waals surface area contributed by atoms with Gasteiger partial charge in [0.15, 0.2) is 5.69 Å². The molecule has 0 saturated carbocycles. The third kappa shape index (κ3) is 3.44. The van der Waals surface area contributed by atoms with E-state index in [0.29, 0.717) is 43.9 Å². The number of hydrogen-bond donors (Lipinski definition) is 1. The van der Waals surface area contributed by atoms with Crippen molar-refractivity contribution in [3.63, 3.8) is 0 Å². The van der Waals surface area contributed by atoms with Crippen molar-refractivity contribution in [2.24, 2.45) is 5.92 Å². The first-order chi connectivity index (χ1) is 13.0. The molecule has 8 heteroatoms. The molecule has 0 aliphatic carbocycles. The van der Waals surface area contributed by atoms with Crippen molar-refractivity contribution in [2.45, 2.75) is 39.0 Å². The number of carbonyl (C=O) groups excluding carboxylic acids is 1. The van der Waals surface area contributed by atoms with Crippen LogP contribution in [0.2, 0.25) is 0 Å². The molecule has 2 aromatic rings. The van der Waals surface area contributed by atoms with Crippen LogP contribution in [0.3, 0.4) is 0 Å². The molecule has 1 aromatic carbocycles. The largest absolute Gasteiger partial charge is 0.481 e. The second kappa shape index (κ2) is 7.11. The van der Waals surface area contributed by atoms with E-state index >= 15 is 0 Å². The normalized spacial score (nSPS) is 20.3. The lowest BCUT2D eigenvalue weighted by molar-refractivity contribution is -0.143. The maximum absolute atomic E-state index is 12.8. The Kier molecular flexibility index (Phi) is 4.65. The molecule has 3 heterocycles. The minimum Gasteiger partial charge on any atom is -0.481 e. The summed E-state index contributed by atoms with van der Waals surface area (Å²) in [6, 6.07) is 8.18. The Morgan fingerprint density at radius 2 is 1.89 bits per heavy atom. The van der Waals surface area contributed by atoms with Crippen LogP contribution in [-0.2, 0) is 22.7 Å². The first kappa shape index (κ1) is 17.7. The summed E-state index contributed by atoms with van der Waals surface area (Å²) in [7, 11) is 0. The van der Waals surface area contributed by atoms with Gasteiger partial charge in [-0.1, -0.05) is 35.0 Å². The summed E-state index contributed by atoms with van der Waals surface area (Å²) in [4.78, 5) is 25.5. The molecule has 1 saturated heterocycles. The Bertz CT molecular complexity index is 853. The van der Waals surface area contributed by atoms with Gasteiger partial charge in [-0.05, 0) is 25.3 Å². The summed E-state index contributed by atoms with van der Waals surface area (Å²) in [6.07, 6.45) is 0.821. The van der Waals surface area contributed by atoms with Crippen molar-refractivity contribution < 1.29 is 19.4 Å². The first-order valence-electron chi connectivity index (χ1n) is 9.15. The lowest BCUT2D eigenvalue weighted by Gasteiger charge is -2.30. The highest BCUT2D eigenvalue weighted by molar-refractivity contribution is 5.93. The zero-order chi connectivity index (χ0) is 19.0. The van der Waals surface area contributed by atoms with Gasteiger partial charge in [-0.15, -0.1) is 5.10 Å². The van der Waals surface area contributed by atoms with Gasteiger partial charge in [0.2, 0.25) is 0 Å². The van der Waals surface area contributed by atoms with E-state index in [1.165, 1.54) is 5.56 Å². The highest BCUT2D eigenvalue weighted by atomic mass is 16.5. The van der Waals surface area contributed by atoms with Crippen molar-refractivity contribution in [3.8, 4) is 0 Å². The predicted octanol–water partition coefficient (Wildman–Crippen LogP) is 1.79. The predicted molar refractivity (Wildman–Crippen MR) is 95.0 cm³/mol. The zero-order valence-corrected chi connectivity index (χ0v) is 15.2. The smallest absolute Gasteiger partial charge is 0.306 e. The van der Waals surface area contributed by atoms with Crippen LogP contribution in [0.25, 0.3) is 0 Å². The van der Waals surface area contributed by atoms with Crippen molar-refractivity contribution in [1.82, 2.24) is 19.9 Å². The number of benzene rings is 1. The van der Waals surface area contributed by atoms with Gasteiger partial charge < -0.3 is 14.7 Å². The molecule has 1 amide bonds. The van der Waals surface area contributed by atoms with Gasteiger partial charge >= 0.3 is 5.97 Å². The second-order valence-corrected chi connectivity index (χ2v) is 7.18. The topological polar surface area (TPSA) is 97.6 Å². The standard InChI is InChI=1S/C19H22N4O4/c1-12-2-4-13(5-3-12)16-10-23-15(11-27-16)17(20-21-23)18(24)22-8-6-14(7-9-22)19(25)26/h2-5,14,16H,6-11H2,1H3,(H,25,26). The van der Waals surface area contributed by atoms with Crippen LogP contribution in [0, 0.1) is 12.8 Å². The number of aryl methyl sites for hydroxylation is 1. The summed E-state index contributed by atoms with van der Waals surface area (Å²) in [5.41, 5.74) is 3.26. The number of ether oxygens (including phenoxy) is 1. The van der Waals surface area contributed by atoms with Crippen molar-refractivity contribution in [3.05, 3.63) is 46.8 Å². The molecule has 0 bridgehead atoms. The molecule has 1 atom stereocenters. The van der Waals surface area contributed by atoms with Crippen molar-refractivity contribution in [1.29, 1.82) is 0 Å². The Labute approximate surface area is 156 Å². The van der Waals surface area contributed by atoms with Crippen LogP contribution in [-0.4, -0.2) is 50.0 Å². The molecule has 0 radical (unpaired) electrons. The Morgan fingerprint density at radius 1 is 1.19 bits per heavy atom. The molecular weight excluding hydrogens is 348 g/mol. The Balaban J connectivity index is 1.46. The van der Waals surface area contributed by atoms with Gasteiger partial charge in [0.25, 0.3) is 5.91 Å². The van der Waals surface area contributed by atoms with E-state index in [0.717, 1.165) is 5.56 Å². The number of fused-ring (bicyclic) bond motifs is 1. The van der Waals surface area contributed by atoms with Gasteiger partial charge in [0.05, 0.1) is 24.8 Å². The lowest BCUT2D eigenvalue weighted by atomic mass is 9.97. The van der Waals surface area contributed by atoms with Crippen LogP contribution >= 0.6 is 0 Å². The number of piperidine rings is 1. The average molecular weight is 370 g/mol. The third-order valence-electron chi connectivity index (χ3n) is 5.38. The molecule has 8 nitrogen and oxygen atoms in total. The van der Waals surface area contributed by atoms with E-state index in [2.05, 4.69) is 10.3 Å². The lowest BCUT2D eigenvalue weighted by Crippen LogP contribution is -2.41. The molecule has 1 aromatic heterocycles. The quantitative estimate of drug-likeness (QED) is 0.885. The fourth-order valence-corrected chi connectivity index (χ4v) is 3.64. The van der Waals surface area contributed by atoms with Crippen LogP contribution in [0.1, 0.15) is 46.3 Å². The fourth-order valence-electron chi connectivity index (χ4n) is 3.64. The number of carboxylic acid groups (broad SMARTS) is 1. The third-order valence-corrected chi connectivity index (χ3v) is 5.38. The number of aromatic nitrogens is 3. The molecular formula is C19H22N4O4. The number of nitrogens with zero attached hydrogens (tertiary/aromatic N) is 4. The van der Waals surface area contributed by atoms with Gasteiger partial charge in [-0.2, -0.15) is 0 Å². The summed E-state index contributed by atoms with van der Waals surface area (Å²) < 4.78 is 7.71. The second-order valence-electron chi connectivity index (χ2n) is 7.18. The van der Waals surface area contributed by atoms with Crippen molar-refractivity contribution >= 4 is 11.9 Å². The number of amides is 1. The Morgan fingerprint density at radius 3 is 2.56 bits per heavy atom.